The highest BCUT2D eigenvalue weighted by atomic mass is 16.7. The number of rotatable bonds is 13. The highest BCUT2D eigenvalue weighted by Gasteiger charge is 2.58. The first kappa shape index (κ1) is 33.2. The van der Waals surface area contributed by atoms with Crippen LogP contribution in [-0.2, 0) is 33.2 Å². The molecule has 13 nitrogen and oxygen atoms in total. The van der Waals surface area contributed by atoms with Crippen LogP contribution in [0.5, 0.6) is 0 Å². The summed E-state index contributed by atoms with van der Waals surface area (Å²) in [4.78, 5) is 68.3. The van der Waals surface area contributed by atoms with Crippen LogP contribution in [0.1, 0.15) is 50.5 Å². The first-order valence-corrected chi connectivity index (χ1v) is 13.9. The molecule has 1 aromatic heterocycles. The van der Waals surface area contributed by atoms with Gasteiger partial charge >= 0.3 is 19.1 Å². The quantitative estimate of drug-likeness (QED) is 0.191. The van der Waals surface area contributed by atoms with Crippen LogP contribution < -0.4 is 16.0 Å². The monoisotopic (exact) mass is 596 g/mol. The van der Waals surface area contributed by atoms with Crippen molar-refractivity contribution in [1.82, 2.24) is 20.9 Å². The van der Waals surface area contributed by atoms with Crippen molar-refractivity contribution in [3.63, 3.8) is 0 Å². The van der Waals surface area contributed by atoms with Crippen molar-refractivity contribution in [3.8, 4) is 11.3 Å². The van der Waals surface area contributed by atoms with Crippen molar-refractivity contribution in [1.29, 1.82) is 0 Å². The molecule has 1 unspecified atom stereocenters. The lowest BCUT2D eigenvalue weighted by Gasteiger charge is -2.27. The zero-order valence-corrected chi connectivity index (χ0v) is 24.8. The van der Waals surface area contributed by atoms with Crippen LogP contribution in [0.25, 0.3) is 11.3 Å². The molecule has 230 valence electrons. The van der Waals surface area contributed by atoms with Gasteiger partial charge in [-0.1, -0.05) is 50.2 Å². The maximum atomic E-state index is 13.4. The number of aliphatic hydroxyl groups excluding tert-OH is 1. The molecule has 4 N–H and O–H groups in total. The van der Waals surface area contributed by atoms with Crippen LogP contribution in [0.2, 0.25) is 0 Å². The van der Waals surface area contributed by atoms with Gasteiger partial charge in [-0.15, -0.1) is 0 Å². The lowest BCUT2D eigenvalue weighted by molar-refractivity contribution is -0.156. The van der Waals surface area contributed by atoms with Crippen LogP contribution in [0, 0.1) is 5.92 Å². The number of pyridine rings is 1. The molecular formula is C29H37BN4O9. The molecular weight excluding hydrogens is 559 g/mol. The second kappa shape index (κ2) is 14.7. The van der Waals surface area contributed by atoms with E-state index in [1.807, 2.05) is 44.2 Å². The third-order valence-corrected chi connectivity index (χ3v) is 6.80. The SMILES string of the molecule is CNC(=O)C[C@]1(CC(=O)OC)OB([C@H](CC(C)C)NC(=O)C(NC(=O)c2cccc(-c3ccccc3)n2)[C@@H](C)O)OC1=O. The number of carbonyl (C=O) groups excluding carboxylic acids is 5. The summed E-state index contributed by atoms with van der Waals surface area (Å²) in [6.45, 7) is 5.07. The van der Waals surface area contributed by atoms with Crippen LogP contribution in [0.4, 0.5) is 0 Å². The maximum Gasteiger partial charge on any atom is 0.552 e. The number of aliphatic hydroxyl groups is 1. The van der Waals surface area contributed by atoms with Crippen molar-refractivity contribution < 1.29 is 43.1 Å². The highest BCUT2D eigenvalue weighted by molar-refractivity contribution is 6.51. The minimum atomic E-state index is -1.97. The number of nitrogens with zero attached hydrogens (tertiary/aromatic N) is 1. The number of amides is 3. The highest BCUT2D eigenvalue weighted by Crippen LogP contribution is 2.33. The van der Waals surface area contributed by atoms with Crippen LogP contribution >= 0.6 is 0 Å². The average molecular weight is 596 g/mol. The number of benzene rings is 1. The Kier molecular flexibility index (Phi) is 11.4. The van der Waals surface area contributed by atoms with E-state index >= 15 is 0 Å². The molecule has 1 aromatic carbocycles. The summed E-state index contributed by atoms with van der Waals surface area (Å²) < 4.78 is 16.1. The minimum Gasteiger partial charge on any atom is -0.506 e. The molecule has 0 bridgehead atoms. The van der Waals surface area contributed by atoms with E-state index in [1.54, 1.807) is 12.1 Å². The second-order valence-electron chi connectivity index (χ2n) is 10.7. The lowest BCUT2D eigenvalue weighted by Crippen LogP contribution is -2.58. The first-order valence-electron chi connectivity index (χ1n) is 13.9. The summed E-state index contributed by atoms with van der Waals surface area (Å²) >= 11 is 0. The van der Waals surface area contributed by atoms with Gasteiger partial charge in [-0.3, -0.25) is 24.0 Å². The van der Waals surface area contributed by atoms with Gasteiger partial charge in [-0.05, 0) is 31.4 Å². The number of ether oxygens (including phenoxy) is 1. The van der Waals surface area contributed by atoms with E-state index in [9.17, 15) is 29.1 Å². The van der Waals surface area contributed by atoms with Crippen molar-refractivity contribution in [3.05, 3.63) is 54.2 Å². The van der Waals surface area contributed by atoms with E-state index in [0.717, 1.165) is 12.7 Å². The zero-order chi connectivity index (χ0) is 31.7. The molecule has 3 amide bonds. The summed E-state index contributed by atoms with van der Waals surface area (Å²) in [5, 5.41) is 18.1. The van der Waals surface area contributed by atoms with Crippen LogP contribution in [0.15, 0.2) is 48.5 Å². The summed E-state index contributed by atoms with van der Waals surface area (Å²) in [5.41, 5.74) is -0.584. The van der Waals surface area contributed by atoms with Gasteiger partial charge in [0.1, 0.15) is 11.7 Å². The molecule has 1 saturated heterocycles. The third kappa shape index (κ3) is 8.61. The fourth-order valence-corrected chi connectivity index (χ4v) is 4.58. The van der Waals surface area contributed by atoms with Gasteiger partial charge in [0.15, 0.2) is 5.60 Å². The molecule has 43 heavy (non-hydrogen) atoms. The van der Waals surface area contributed by atoms with Crippen molar-refractivity contribution >= 4 is 36.8 Å². The summed E-state index contributed by atoms with van der Waals surface area (Å²) in [6, 6.07) is 12.7. The van der Waals surface area contributed by atoms with E-state index in [-0.39, 0.29) is 18.0 Å². The molecule has 1 fully saturated rings. The molecule has 4 atom stereocenters. The van der Waals surface area contributed by atoms with E-state index in [1.165, 1.54) is 20.0 Å². The van der Waals surface area contributed by atoms with Gasteiger partial charge in [0.05, 0.1) is 37.7 Å². The molecule has 0 radical (unpaired) electrons. The molecule has 2 aromatic rings. The molecule has 0 spiro atoms. The van der Waals surface area contributed by atoms with Gasteiger partial charge in [0.2, 0.25) is 11.8 Å². The zero-order valence-electron chi connectivity index (χ0n) is 24.8. The normalized spacial score (nSPS) is 18.3. The summed E-state index contributed by atoms with van der Waals surface area (Å²) in [5.74, 6) is -4.79. The van der Waals surface area contributed by atoms with Gasteiger partial charge < -0.3 is 35.1 Å². The Labute approximate surface area is 250 Å². The molecule has 0 aliphatic carbocycles. The van der Waals surface area contributed by atoms with E-state index in [2.05, 4.69) is 25.7 Å². The molecule has 3 rings (SSSR count). The van der Waals surface area contributed by atoms with E-state index in [4.69, 9.17) is 9.31 Å². The van der Waals surface area contributed by atoms with Crippen molar-refractivity contribution in [2.24, 2.45) is 5.92 Å². The number of aromatic nitrogens is 1. The van der Waals surface area contributed by atoms with Crippen molar-refractivity contribution in [2.45, 2.75) is 63.7 Å². The fraction of sp³-hybridized carbons (Fsp3) is 0.448. The number of hydrogen-bond acceptors (Lipinski definition) is 10. The Bertz CT molecular complexity index is 1300. The molecule has 1 aliphatic heterocycles. The smallest absolute Gasteiger partial charge is 0.506 e. The van der Waals surface area contributed by atoms with Crippen molar-refractivity contribution in [2.75, 3.05) is 14.2 Å². The predicted molar refractivity (Wildman–Crippen MR) is 155 cm³/mol. The number of esters is 1. The summed E-state index contributed by atoms with van der Waals surface area (Å²) in [7, 11) is 1.13. The average Bonchev–Trinajstić information content (AvgIpc) is 3.29. The number of hydrogen-bond donors (Lipinski definition) is 4. The van der Waals surface area contributed by atoms with E-state index < -0.39 is 73.3 Å². The molecule has 1 aliphatic rings. The number of nitrogens with one attached hydrogen (secondary N) is 3. The standard InChI is InChI=1S/C29H37BN4O9/c1-17(2)14-22(30-42-28(40)29(43-30,15-23(36)31-4)16-24(37)41-5)33-27(39)25(18(3)35)34-26(38)21-13-9-12-20(32-21)19-10-7-6-8-11-19/h6-13,17-18,22,25,35H,14-16H2,1-5H3,(H,31,36)(H,33,39)(H,34,38)/t18-,22+,25?,29-/m1/s1. The second-order valence-corrected chi connectivity index (χ2v) is 10.7. The lowest BCUT2D eigenvalue weighted by atomic mass is 9.73. The minimum absolute atomic E-state index is 0.0355. The Morgan fingerprint density at radius 2 is 1.72 bits per heavy atom. The van der Waals surface area contributed by atoms with E-state index in [0.29, 0.717) is 5.69 Å². The molecule has 14 heteroatoms. The number of methoxy groups -OCH3 is 1. The van der Waals surface area contributed by atoms with Crippen LogP contribution in [0.3, 0.4) is 0 Å². The van der Waals surface area contributed by atoms with Gasteiger partial charge in [0.25, 0.3) is 5.91 Å². The Balaban J connectivity index is 1.80. The Hall–Kier alpha value is -4.30. The third-order valence-electron chi connectivity index (χ3n) is 6.80. The predicted octanol–water partition coefficient (Wildman–Crippen LogP) is 0.798. The summed E-state index contributed by atoms with van der Waals surface area (Å²) in [6.07, 6.45) is -2.17. The molecule has 2 heterocycles. The van der Waals surface area contributed by atoms with Gasteiger partial charge in [-0.2, -0.15) is 0 Å². The van der Waals surface area contributed by atoms with Gasteiger partial charge in [-0.25, -0.2) is 4.98 Å². The fourth-order valence-electron chi connectivity index (χ4n) is 4.58. The Morgan fingerprint density at radius 3 is 2.33 bits per heavy atom. The topological polar surface area (TPSA) is 182 Å². The maximum absolute atomic E-state index is 13.4. The number of carbonyl (C=O) groups is 5. The Morgan fingerprint density at radius 1 is 1.02 bits per heavy atom. The molecule has 0 saturated carbocycles. The largest absolute Gasteiger partial charge is 0.552 e. The van der Waals surface area contributed by atoms with Crippen LogP contribution in [-0.4, -0.2) is 84.7 Å². The van der Waals surface area contributed by atoms with Gasteiger partial charge in [0, 0.05) is 12.6 Å². The first-order chi connectivity index (χ1) is 20.4.